The van der Waals surface area contributed by atoms with Crippen molar-refractivity contribution in [1.29, 1.82) is 0 Å². The highest BCUT2D eigenvalue weighted by Gasteiger charge is 2.35. The first-order valence-electron chi connectivity index (χ1n) is 10.2. The highest BCUT2D eigenvalue weighted by atomic mass is 19.4. The number of carbonyl (C=O) groups excluding carboxylic acids is 1. The van der Waals surface area contributed by atoms with Gasteiger partial charge in [-0.05, 0) is 24.5 Å². The van der Waals surface area contributed by atoms with Crippen LogP contribution >= 0.6 is 0 Å². The lowest BCUT2D eigenvalue weighted by Crippen LogP contribution is -2.50. The van der Waals surface area contributed by atoms with Crippen LogP contribution in [0, 0.1) is 5.92 Å². The van der Waals surface area contributed by atoms with Crippen molar-refractivity contribution in [3.05, 3.63) is 41.2 Å². The van der Waals surface area contributed by atoms with Gasteiger partial charge in [0.1, 0.15) is 0 Å². The van der Waals surface area contributed by atoms with Crippen molar-refractivity contribution in [2.45, 2.75) is 50.2 Å². The van der Waals surface area contributed by atoms with Crippen LogP contribution in [0.25, 0.3) is 0 Å². The lowest BCUT2D eigenvalue weighted by Gasteiger charge is -2.33. The molecule has 6 nitrogen and oxygen atoms in total. The molecule has 4 rings (SSSR count). The van der Waals surface area contributed by atoms with Crippen LogP contribution in [0.1, 0.15) is 29.7 Å². The zero-order valence-corrected chi connectivity index (χ0v) is 16.8. The number of hydrogen-bond donors (Lipinski definition) is 1. The van der Waals surface area contributed by atoms with Crippen molar-refractivity contribution in [3.63, 3.8) is 0 Å². The lowest BCUT2D eigenvalue weighted by molar-refractivity contribution is -0.137. The molecule has 0 saturated carbocycles. The highest BCUT2D eigenvalue weighted by Crippen LogP contribution is 2.32. The molecule has 3 heterocycles. The predicted octanol–water partition coefficient (Wildman–Crippen LogP) is 2.32. The number of amides is 1. The van der Waals surface area contributed by atoms with E-state index in [1.165, 1.54) is 0 Å². The molecule has 0 bridgehead atoms. The number of nitrogens with one attached hydrogen (secondary N) is 1. The zero-order valence-electron chi connectivity index (χ0n) is 16.8. The summed E-state index contributed by atoms with van der Waals surface area (Å²) in [5.74, 6) is -0.322. The molecule has 1 aromatic rings. The average Bonchev–Trinajstić information content (AvgIpc) is 3.20. The van der Waals surface area contributed by atoms with E-state index in [-0.39, 0.29) is 36.6 Å². The number of halogens is 3. The summed E-state index contributed by atoms with van der Waals surface area (Å²) >= 11 is 0. The van der Waals surface area contributed by atoms with E-state index in [9.17, 15) is 18.0 Å². The van der Waals surface area contributed by atoms with Crippen LogP contribution in [0.4, 0.5) is 13.2 Å². The number of rotatable bonds is 4. The molecule has 9 heteroatoms. The normalized spacial score (nSPS) is 29.1. The third-order valence-electron chi connectivity index (χ3n) is 6.11. The molecule has 1 aromatic heterocycles. The zero-order chi connectivity index (χ0) is 21.3. The Morgan fingerprint density at radius 1 is 1.37 bits per heavy atom. The minimum atomic E-state index is -4.44. The summed E-state index contributed by atoms with van der Waals surface area (Å²) in [5.41, 5.74) is 0.342. The average molecular weight is 425 g/mol. The molecular weight excluding hydrogens is 399 g/mol. The van der Waals surface area contributed by atoms with Crippen LogP contribution < -0.4 is 5.32 Å². The second-order valence-electron chi connectivity index (χ2n) is 8.08. The number of aromatic nitrogens is 1. The number of nitrogens with zero attached hydrogens (tertiary/aromatic N) is 2. The second-order valence-corrected chi connectivity index (χ2v) is 8.08. The number of carbonyl (C=O) groups is 1. The van der Waals surface area contributed by atoms with Gasteiger partial charge in [-0.15, -0.1) is 0 Å². The number of fused-ring (bicyclic) bond motifs is 1. The van der Waals surface area contributed by atoms with Crippen molar-refractivity contribution in [1.82, 2.24) is 15.2 Å². The second kappa shape index (κ2) is 8.64. The van der Waals surface area contributed by atoms with E-state index in [4.69, 9.17) is 9.47 Å². The third-order valence-corrected chi connectivity index (χ3v) is 6.11. The minimum absolute atomic E-state index is 0.0178. The van der Waals surface area contributed by atoms with Crippen LogP contribution in [0.2, 0.25) is 0 Å². The summed E-state index contributed by atoms with van der Waals surface area (Å²) in [4.78, 5) is 18.6. The summed E-state index contributed by atoms with van der Waals surface area (Å²) in [6.07, 6.45) is 2.27. The molecular formula is C21H26F3N3O3. The number of pyridine rings is 1. The molecule has 0 spiro atoms. The Kier molecular flexibility index (Phi) is 6.13. The third kappa shape index (κ3) is 4.53. The van der Waals surface area contributed by atoms with Crippen LogP contribution in [0.3, 0.4) is 0 Å². The van der Waals surface area contributed by atoms with Gasteiger partial charge in [-0.1, -0.05) is 12.2 Å². The van der Waals surface area contributed by atoms with E-state index in [2.05, 4.69) is 10.3 Å². The van der Waals surface area contributed by atoms with E-state index < -0.39 is 11.7 Å². The number of alkyl halides is 3. The summed E-state index contributed by atoms with van der Waals surface area (Å²) in [6, 6.07) is 1.35. The molecule has 0 aromatic carbocycles. The maximum absolute atomic E-state index is 13.0. The van der Waals surface area contributed by atoms with Crippen LogP contribution in [0.15, 0.2) is 24.4 Å². The van der Waals surface area contributed by atoms with Crippen LogP contribution in [-0.2, 0) is 33.4 Å². The smallest absolute Gasteiger partial charge is 0.379 e. The summed E-state index contributed by atoms with van der Waals surface area (Å²) < 4.78 is 49.9. The fraction of sp³-hybridized carbons (Fsp3) is 0.619. The molecule has 4 unspecified atom stereocenters. The Morgan fingerprint density at radius 3 is 2.97 bits per heavy atom. The van der Waals surface area contributed by atoms with Gasteiger partial charge in [-0.3, -0.25) is 9.78 Å². The molecule has 164 valence electrons. The van der Waals surface area contributed by atoms with Gasteiger partial charge in [0.15, 0.2) is 0 Å². The summed E-state index contributed by atoms with van der Waals surface area (Å²) in [6.45, 7) is 1.86. The Morgan fingerprint density at radius 2 is 2.20 bits per heavy atom. The van der Waals surface area contributed by atoms with Gasteiger partial charge in [0, 0.05) is 57.2 Å². The quantitative estimate of drug-likeness (QED) is 0.751. The fourth-order valence-electron chi connectivity index (χ4n) is 4.42. The predicted molar refractivity (Wildman–Crippen MR) is 103 cm³/mol. The van der Waals surface area contributed by atoms with Crippen LogP contribution in [0.5, 0.6) is 0 Å². The van der Waals surface area contributed by atoms with E-state index in [0.717, 1.165) is 18.7 Å². The first-order valence-corrected chi connectivity index (χ1v) is 10.2. The summed E-state index contributed by atoms with van der Waals surface area (Å²) in [5, 5.41) is 3.55. The Hall–Kier alpha value is -1.97. The molecule has 1 saturated heterocycles. The van der Waals surface area contributed by atoms with Gasteiger partial charge in [-0.2, -0.15) is 13.2 Å². The van der Waals surface area contributed by atoms with Crippen molar-refractivity contribution in [2.75, 3.05) is 26.9 Å². The van der Waals surface area contributed by atoms with Gasteiger partial charge in [-0.25, -0.2) is 0 Å². The van der Waals surface area contributed by atoms with Crippen molar-refractivity contribution < 1.29 is 27.4 Å². The first-order chi connectivity index (χ1) is 14.3. The molecule has 30 heavy (non-hydrogen) atoms. The monoisotopic (exact) mass is 425 g/mol. The molecule has 1 aliphatic carbocycles. The molecule has 4 atom stereocenters. The number of hydrogen-bond acceptors (Lipinski definition) is 5. The van der Waals surface area contributed by atoms with Crippen molar-refractivity contribution >= 4 is 5.91 Å². The van der Waals surface area contributed by atoms with E-state index >= 15 is 0 Å². The molecule has 1 amide bonds. The Bertz CT molecular complexity index is 814. The van der Waals surface area contributed by atoms with Gasteiger partial charge in [0.05, 0.1) is 24.2 Å². The Labute approximate surface area is 173 Å². The van der Waals surface area contributed by atoms with Gasteiger partial charge < -0.3 is 19.7 Å². The van der Waals surface area contributed by atoms with Crippen LogP contribution in [-0.4, -0.2) is 60.8 Å². The van der Waals surface area contributed by atoms with Gasteiger partial charge in [0.25, 0.3) is 0 Å². The maximum Gasteiger partial charge on any atom is 0.417 e. The first kappa shape index (κ1) is 21.3. The number of ether oxygens (including phenoxy) is 2. The topological polar surface area (TPSA) is 63.7 Å². The minimum Gasteiger partial charge on any atom is -0.379 e. The van der Waals surface area contributed by atoms with E-state index in [0.29, 0.717) is 43.9 Å². The molecule has 0 radical (unpaired) electrons. The highest BCUT2D eigenvalue weighted by molar-refractivity contribution is 5.81. The number of methoxy groups -OCH3 is 1. The Balaban J connectivity index is 1.36. The SMILES string of the molecule is COC1COCCC1NC1C=CC(C(=O)N2CCc3ncc(C(F)(F)F)cc3C2)C1. The fourth-order valence-corrected chi connectivity index (χ4v) is 4.42. The van der Waals surface area contributed by atoms with Gasteiger partial charge in [0.2, 0.25) is 5.91 Å². The molecule has 3 aliphatic rings. The van der Waals surface area contributed by atoms with E-state index in [1.54, 1.807) is 12.0 Å². The molecule has 1 fully saturated rings. The lowest BCUT2D eigenvalue weighted by atomic mass is 9.99. The standard InChI is InChI=1S/C21H26F3N3O3/c1-29-19-12-30-7-5-18(19)26-16-3-2-13(9-16)20(28)27-6-4-17-14(11-27)8-15(10-25-17)21(22,23)24/h2-3,8,10,13,16,18-19,26H,4-7,9,11-12H2,1H3. The molecule has 1 N–H and O–H groups in total. The van der Waals surface area contributed by atoms with Crippen molar-refractivity contribution in [2.24, 2.45) is 5.92 Å². The maximum atomic E-state index is 13.0. The largest absolute Gasteiger partial charge is 0.417 e. The van der Waals surface area contributed by atoms with Gasteiger partial charge >= 0.3 is 6.18 Å². The van der Waals surface area contributed by atoms with Crippen molar-refractivity contribution in [3.8, 4) is 0 Å². The molecule has 2 aliphatic heterocycles. The summed E-state index contributed by atoms with van der Waals surface area (Å²) in [7, 11) is 1.66. The van der Waals surface area contributed by atoms with E-state index in [1.807, 2.05) is 12.2 Å².